The van der Waals surface area contributed by atoms with E-state index in [0.717, 1.165) is 11.3 Å². The highest BCUT2D eigenvalue weighted by Crippen LogP contribution is 2.26. The lowest BCUT2D eigenvalue weighted by Crippen LogP contribution is -2.15. The number of hydrogen-bond acceptors (Lipinski definition) is 4. The van der Waals surface area contributed by atoms with Crippen molar-refractivity contribution < 1.29 is 13.2 Å². The molecular weight excluding hydrogens is 500 g/mol. The minimum atomic E-state index is -3.80. The molecule has 178 valence electrons. The molecule has 8 heteroatoms. The largest absolute Gasteiger partial charge is 0.322 e. The van der Waals surface area contributed by atoms with Crippen LogP contribution >= 0.6 is 23.4 Å². The van der Waals surface area contributed by atoms with Crippen molar-refractivity contribution in [3.8, 4) is 0 Å². The Morgan fingerprint density at radius 2 is 1.54 bits per heavy atom. The Morgan fingerprint density at radius 3 is 2.23 bits per heavy atom. The molecule has 4 rings (SSSR count). The summed E-state index contributed by atoms with van der Waals surface area (Å²) in [6.07, 6.45) is 0. The lowest BCUT2D eigenvalue weighted by molar-refractivity contribution is 0.102. The maximum Gasteiger partial charge on any atom is 0.261 e. The van der Waals surface area contributed by atoms with Crippen LogP contribution in [0, 0.1) is 6.92 Å². The van der Waals surface area contributed by atoms with Gasteiger partial charge in [0.2, 0.25) is 0 Å². The molecular formula is C27H23ClN2O3S2. The lowest BCUT2D eigenvalue weighted by atomic mass is 10.1. The molecule has 0 saturated carbocycles. The van der Waals surface area contributed by atoms with Gasteiger partial charge in [0.15, 0.2) is 0 Å². The summed E-state index contributed by atoms with van der Waals surface area (Å²) in [6.45, 7) is 1.74. The van der Waals surface area contributed by atoms with E-state index in [4.69, 9.17) is 11.6 Å². The van der Waals surface area contributed by atoms with Crippen LogP contribution in [0.3, 0.4) is 0 Å². The standard InChI is InChI=1S/C27H23ClN2O3S2/c1-19-25(28)8-5-9-26(19)30-35(32,33)24-16-14-22(15-17-24)29-27(31)21-12-10-20(11-13-21)18-34-23-6-3-2-4-7-23/h2-17,30H,18H2,1H3,(H,29,31). The van der Waals surface area contributed by atoms with Crippen molar-refractivity contribution in [2.45, 2.75) is 22.5 Å². The zero-order chi connectivity index (χ0) is 24.8. The van der Waals surface area contributed by atoms with Crippen LogP contribution in [0.2, 0.25) is 5.02 Å². The average Bonchev–Trinajstić information content (AvgIpc) is 2.87. The molecule has 2 N–H and O–H groups in total. The number of carbonyl (C=O) groups is 1. The van der Waals surface area contributed by atoms with Crippen LogP contribution in [0.4, 0.5) is 11.4 Å². The van der Waals surface area contributed by atoms with Crippen LogP contribution in [-0.2, 0) is 15.8 Å². The normalized spacial score (nSPS) is 11.1. The van der Waals surface area contributed by atoms with Crippen LogP contribution in [-0.4, -0.2) is 14.3 Å². The molecule has 0 aliphatic heterocycles. The highest BCUT2D eigenvalue weighted by atomic mass is 35.5. The van der Waals surface area contributed by atoms with E-state index in [1.165, 1.54) is 17.0 Å². The number of anilines is 2. The van der Waals surface area contributed by atoms with E-state index in [0.29, 0.717) is 27.5 Å². The lowest BCUT2D eigenvalue weighted by Gasteiger charge is -2.12. The van der Waals surface area contributed by atoms with Gasteiger partial charge in [-0.3, -0.25) is 9.52 Å². The average molecular weight is 523 g/mol. The maximum atomic E-state index is 12.8. The molecule has 0 unspecified atom stereocenters. The molecule has 0 saturated heterocycles. The van der Waals surface area contributed by atoms with Gasteiger partial charge in [0.1, 0.15) is 0 Å². The minimum absolute atomic E-state index is 0.0788. The minimum Gasteiger partial charge on any atom is -0.322 e. The summed E-state index contributed by atoms with van der Waals surface area (Å²) in [6, 6.07) is 28.6. The van der Waals surface area contributed by atoms with Crippen LogP contribution < -0.4 is 10.0 Å². The predicted molar refractivity (Wildman–Crippen MR) is 144 cm³/mol. The third-order valence-electron chi connectivity index (χ3n) is 5.30. The van der Waals surface area contributed by atoms with Crippen molar-refractivity contribution in [3.05, 3.63) is 119 Å². The molecule has 0 spiro atoms. The molecule has 5 nitrogen and oxygen atoms in total. The van der Waals surface area contributed by atoms with Gasteiger partial charge in [0.05, 0.1) is 10.6 Å². The molecule has 4 aromatic rings. The van der Waals surface area contributed by atoms with Crippen molar-refractivity contribution in [2.24, 2.45) is 0 Å². The summed E-state index contributed by atoms with van der Waals surface area (Å²) in [5.41, 5.74) is 3.20. The monoisotopic (exact) mass is 522 g/mol. The van der Waals surface area contributed by atoms with E-state index >= 15 is 0 Å². The Bertz CT molecular complexity index is 1420. The number of sulfonamides is 1. The highest BCUT2D eigenvalue weighted by molar-refractivity contribution is 7.98. The number of benzene rings is 4. The van der Waals surface area contributed by atoms with Crippen LogP contribution in [0.25, 0.3) is 0 Å². The van der Waals surface area contributed by atoms with Crippen molar-refractivity contribution >= 4 is 50.7 Å². The maximum absolute atomic E-state index is 12.8. The van der Waals surface area contributed by atoms with Gasteiger partial charge in [-0.25, -0.2) is 8.42 Å². The van der Waals surface area contributed by atoms with Crippen molar-refractivity contribution in [3.63, 3.8) is 0 Å². The van der Waals surface area contributed by atoms with E-state index < -0.39 is 10.0 Å². The quantitative estimate of drug-likeness (QED) is 0.244. The smallest absolute Gasteiger partial charge is 0.261 e. The van der Waals surface area contributed by atoms with Crippen LogP contribution in [0.5, 0.6) is 0 Å². The molecule has 0 bridgehead atoms. The number of nitrogens with one attached hydrogen (secondary N) is 2. The first-order valence-electron chi connectivity index (χ1n) is 10.8. The summed E-state index contributed by atoms with van der Waals surface area (Å²) in [5.74, 6) is 0.542. The van der Waals surface area contributed by atoms with Crippen molar-refractivity contribution in [2.75, 3.05) is 10.0 Å². The Kier molecular flexibility index (Phi) is 7.80. The Labute approximate surface area is 214 Å². The summed E-state index contributed by atoms with van der Waals surface area (Å²) in [7, 11) is -3.80. The third-order valence-corrected chi connectivity index (χ3v) is 8.17. The number of thioether (sulfide) groups is 1. The second kappa shape index (κ2) is 11.0. The van der Waals surface area contributed by atoms with E-state index in [9.17, 15) is 13.2 Å². The molecule has 0 atom stereocenters. The first kappa shape index (κ1) is 24.9. The van der Waals surface area contributed by atoms with Gasteiger partial charge in [-0.15, -0.1) is 11.8 Å². The van der Waals surface area contributed by atoms with Crippen LogP contribution in [0.1, 0.15) is 21.5 Å². The number of halogens is 1. The summed E-state index contributed by atoms with van der Waals surface area (Å²) < 4.78 is 28.1. The molecule has 4 aromatic carbocycles. The fraction of sp³-hybridized carbons (Fsp3) is 0.0741. The number of hydrogen-bond donors (Lipinski definition) is 2. The molecule has 0 fully saturated rings. The molecule has 0 aliphatic carbocycles. The van der Waals surface area contributed by atoms with Gasteiger partial charge >= 0.3 is 0 Å². The number of amides is 1. The van der Waals surface area contributed by atoms with Crippen molar-refractivity contribution in [1.82, 2.24) is 0 Å². The van der Waals surface area contributed by atoms with Gasteiger partial charge in [0.25, 0.3) is 15.9 Å². The second-order valence-electron chi connectivity index (χ2n) is 7.80. The third kappa shape index (κ3) is 6.45. The van der Waals surface area contributed by atoms with E-state index in [-0.39, 0.29) is 10.8 Å². The predicted octanol–water partition coefficient (Wildman–Crippen LogP) is 6.99. The van der Waals surface area contributed by atoms with E-state index in [1.54, 1.807) is 61.2 Å². The summed E-state index contributed by atoms with van der Waals surface area (Å²) >= 11 is 7.82. The molecule has 0 aromatic heterocycles. The molecule has 0 radical (unpaired) electrons. The fourth-order valence-electron chi connectivity index (χ4n) is 3.28. The van der Waals surface area contributed by atoms with Gasteiger partial charge in [-0.05, 0) is 78.7 Å². The zero-order valence-corrected chi connectivity index (χ0v) is 21.3. The second-order valence-corrected chi connectivity index (χ2v) is 10.9. The Balaban J connectivity index is 1.37. The Morgan fingerprint density at radius 1 is 0.857 bits per heavy atom. The van der Waals surface area contributed by atoms with E-state index in [2.05, 4.69) is 22.2 Å². The first-order chi connectivity index (χ1) is 16.8. The summed E-state index contributed by atoms with van der Waals surface area (Å²) in [4.78, 5) is 13.9. The zero-order valence-electron chi connectivity index (χ0n) is 18.9. The molecule has 0 heterocycles. The SMILES string of the molecule is Cc1c(Cl)cccc1NS(=O)(=O)c1ccc(NC(=O)c2ccc(CSc3ccccc3)cc2)cc1. The van der Waals surface area contributed by atoms with E-state index in [1.807, 2.05) is 30.3 Å². The first-order valence-corrected chi connectivity index (χ1v) is 13.6. The molecule has 35 heavy (non-hydrogen) atoms. The van der Waals surface area contributed by atoms with Crippen LogP contribution in [0.15, 0.2) is 107 Å². The van der Waals surface area contributed by atoms with Gasteiger partial charge in [-0.1, -0.05) is 48.0 Å². The number of rotatable bonds is 8. The van der Waals surface area contributed by atoms with Gasteiger partial charge in [-0.2, -0.15) is 0 Å². The molecule has 1 amide bonds. The van der Waals surface area contributed by atoms with Gasteiger partial charge < -0.3 is 5.32 Å². The molecule has 0 aliphatic rings. The topological polar surface area (TPSA) is 75.3 Å². The Hall–Kier alpha value is -3.26. The number of carbonyl (C=O) groups excluding carboxylic acids is 1. The van der Waals surface area contributed by atoms with Crippen molar-refractivity contribution in [1.29, 1.82) is 0 Å². The fourth-order valence-corrected chi connectivity index (χ4v) is 5.45. The van der Waals surface area contributed by atoms with Gasteiger partial charge in [0, 0.05) is 26.9 Å². The summed E-state index contributed by atoms with van der Waals surface area (Å²) in [5, 5.41) is 3.28. The highest BCUT2D eigenvalue weighted by Gasteiger charge is 2.16.